The molecule has 0 atom stereocenters. The first kappa shape index (κ1) is 15.2. The third kappa shape index (κ3) is 2.69. The lowest BCUT2D eigenvalue weighted by Gasteiger charge is -2.44. The smallest absolute Gasteiger partial charge is 0.292 e. The predicted molar refractivity (Wildman–Crippen MR) is 79.6 cm³/mol. The van der Waals surface area contributed by atoms with E-state index in [-0.39, 0.29) is 17.3 Å². The average molecular weight is 292 g/mol. The number of rotatable bonds is 3. The van der Waals surface area contributed by atoms with E-state index >= 15 is 0 Å². The van der Waals surface area contributed by atoms with Crippen molar-refractivity contribution < 1.29 is 9.72 Å². The molecule has 1 aromatic carbocycles. The van der Waals surface area contributed by atoms with Gasteiger partial charge in [-0.05, 0) is 19.4 Å². The SMILES string of the molecule is CN1CCN(Cc2cccc([N+](=O)[O-])c2N)C(C)(C)C1=O. The number of nitrogen functional groups attached to an aromatic ring is 1. The van der Waals surface area contributed by atoms with Gasteiger partial charge in [0.2, 0.25) is 5.91 Å². The summed E-state index contributed by atoms with van der Waals surface area (Å²) in [5.41, 5.74) is 5.99. The van der Waals surface area contributed by atoms with Crippen LogP contribution in [0.15, 0.2) is 18.2 Å². The maximum absolute atomic E-state index is 12.3. The normalized spacial score (nSPS) is 18.8. The van der Waals surface area contributed by atoms with Gasteiger partial charge in [0.1, 0.15) is 5.69 Å². The molecule has 7 nitrogen and oxygen atoms in total. The van der Waals surface area contributed by atoms with Crippen molar-refractivity contribution in [3.8, 4) is 0 Å². The highest BCUT2D eigenvalue weighted by Gasteiger charge is 2.40. The van der Waals surface area contributed by atoms with E-state index in [0.29, 0.717) is 25.2 Å². The van der Waals surface area contributed by atoms with E-state index in [9.17, 15) is 14.9 Å². The van der Waals surface area contributed by atoms with Crippen LogP contribution in [0.2, 0.25) is 0 Å². The summed E-state index contributed by atoms with van der Waals surface area (Å²) in [6.45, 7) is 5.48. The fourth-order valence-electron chi connectivity index (χ4n) is 2.63. The van der Waals surface area contributed by atoms with Gasteiger partial charge in [0.15, 0.2) is 0 Å². The van der Waals surface area contributed by atoms with Crippen molar-refractivity contribution in [1.29, 1.82) is 0 Å². The number of amides is 1. The number of hydrogen-bond donors (Lipinski definition) is 1. The molecule has 21 heavy (non-hydrogen) atoms. The zero-order chi connectivity index (χ0) is 15.8. The third-order valence-electron chi connectivity index (χ3n) is 4.10. The van der Waals surface area contributed by atoms with Gasteiger partial charge in [-0.2, -0.15) is 0 Å². The summed E-state index contributed by atoms with van der Waals surface area (Å²) in [4.78, 5) is 26.4. The molecule has 1 fully saturated rings. The summed E-state index contributed by atoms with van der Waals surface area (Å²) in [5.74, 6) is 0.0396. The number of para-hydroxylation sites is 1. The van der Waals surface area contributed by atoms with Crippen LogP contribution >= 0.6 is 0 Å². The molecule has 1 amide bonds. The second-order valence-corrected chi connectivity index (χ2v) is 5.81. The van der Waals surface area contributed by atoms with Gasteiger partial charge in [-0.1, -0.05) is 12.1 Å². The Morgan fingerprint density at radius 1 is 1.38 bits per heavy atom. The van der Waals surface area contributed by atoms with Gasteiger partial charge in [0.25, 0.3) is 5.69 Å². The Balaban J connectivity index is 2.28. The van der Waals surface area contributed by atoms with Gasteiger partial charge in [-0.3, -0.25) is 19.8 Å². The molecule has 0 bridgehead atoms. The van der Waals surface area contributed by atoms with E-state index in [4.69, 9.17) is 5.73 Å². The molecule has 0 spiro atoms. The van der Waals surface area contributed by atoms with Crippen LogP contribution in [0.1, 0.15) is 19.4 Å². The first-order chi connectivity index (χ1) is 9.75. The summed E-state index contributed by atoms with van der Waals surface area (Å²) in [6.07, 6.45) is 0. The summed E-state index contributed by atoms with van der Waals surface area (Å²) in [5, 5.41) is 10.9. The summed E-state index contributed by atoms with van der Waals surface area (Å²) in [6, 6.07) is 4.77. The van der Waals surface area contributed by atoms with Crippen molar-refractivity contribution in [3.05, 3.63) is 33.9 Å². The number of nitro groups is 1. The van der Waals surface area contributed by atoms with Crippen LogP contribution in [-0.2, 0) is 11.3 Å². The van der Waals surface area contributed by atoms with Crippen LogP contribution in [0.3, 0.4) is 0 Å². The highest BCUT2D eigenvalue weighted by molar-refractivity contribution is 5.86. The number of hydrogen-bond acceptors (Lipinski definition) is 5. The molecule has 1 aliphatic rings. The molecule has 1 saturated heterocycles. The number of likely N-dealkylation sites (N-methyl/N-ethyl adjacent to an activating group) is 1. The fourth-order valence-corrected chi connectivity index (χ4v) is 2.63. The van der Waals surface area contributed by atoms with E-state index in [1.165, 1.54) is 6.07 Å². The first-order valence-corrected chi connectivity index (χ1v) is 6.77. The third-order valence-corrected chi connectivity index (χ3v) is 4.10. The number of carbonyl (C=O) groups excluding carboxylic acids is 1. The molecule has 1 heterocycles. The number of nitro benzene ring substituents is 1. The monoisotopic (exact) mass is 292 g/mol. The lowest BCUT2D eigenvalue weighted by molar-refractivity contribution is -0.384. The Morgan fingerprint density at radius 2 is 2.05 bits per heavy atom. The van der Waals surface area contributed by atoms with Crippen molar-refractivity contribution in [3.63, 3.8) is 0 Å². The average Bonchev–Trinajstić information content (AvgIpc) is 2.41. The lowest BCUT2D eigenvalue weighted by Crippen LogP contribution is -2.61. The zero-order valence-electron chi connectivity index (χ0n) is 12.5. The zero-order valence-corrected chi connectivity index (χ0v) is 12.5. The van der Waals surface area contributed by atoms with E-state index < -0.39 is 10.5 Å². The number of carbonyl (C=O) groups is 1. The molecular weight excluding hydrogens is 272 g/mol. The molecule has 0 saturated carbocycles. The largest absolute Gasteiger partial charge is 0.393 e. The van der Waals surface area contributed by atoms with Crippen molar-refractivity contribution in [2.75, 3.05) is 25.9 Å². The number of piperazine rings is 1. The summed E-state index contributed by atoms with van der Waals surface area (Å²) >= 11 is 0. The minimum Gasteiger partial charge on any atom is -0.393 e. The van der Waals surface area contributed by atoms with Crippen LogP contribution in [0.25, 0.3) is 0 Å². The Morgan fingerprint density at radius 3 is 2.67 bits per heavy atom. The second kappa shape index (κ2) is 5.33. The molecule has 0 aromatic heterocycles. The van der Waals surface area contributed by atoms with E-state index in [1.807, 2.05) is 18.7 Å². The van der Waals surface area contributed by atoms with Crippen LogP contribution in [-0.4, -0.2) is 46.3 Å². The van der Waals surface area contributed by atoms with Crippen LogP contribution in [0.4, 0.5) is 11.4 Å². The maximum atomic E-state index is 12.3. The minimum atomic E-state index is -0.649. The Kier molecular flexibility index (Phi) is 3.87. The number of nitrogens with zero attached hydrogens (tertiary/aromatic N) is 3. The van der Waals surface area contributed by atoms with Gasteiger partial charge in [0, 0.05) is 32.7 Å². The van der Waals surface area contributed by atoms with Crippen LogP contribution in [0, 0.1) is 10.1 Å². The minimum absolute atomic E-state index is 0.0396. The summed E-state index contributed by atoms with van der Waals surface area (Å²) < 4.78 is 0. The molecular formula is C14H20N4O3. The fraction of sp³-hybridized carbons (Fsp3) is 0.500. The van der Waals surface area contributed by atoms with E-state index in [2.05, 4.69) is 0 Å². The van der Waals surface area contributed by atoms with Gasteiger partial charge >= 0.3 is 0 Å². The van der Waals surface area contributed by atoms with Crippen molar-refractivity contribution >= 4 is 17.3 Å². The van der Waals surface area contributed by atoms with Crippen LogP contribution < -0.4 is 5.73 Å². The predicted octanol–water partition coefficient (Wildman–Crippen LogP) is 1.23. The van der Waals surface area contributed by atoms with Crippen molar-refractivity contribution in [1.82, 2.24) is 9.80 Å². The molecule has 114 valence electrons. The number of benzene rings is 1. The quantitative estimate of drug-likeness (QED) is 0.514. The lowest BCUT2D eigenvalue weighted by atomic mass is 9.96. The highest BCUT2D eigenvalue weighted by atomic mass is 16.6. The Bertz CT molecular complexity index is 586. The van der Waals surface area contributed by atoms with Crippen molar-refractivity contribution in [2.24, 2.45) is 0 Å². The molecule has 2 N–H and O–H groups in total. The van der Waals surface area contributed by atoms with Gasteiger partial charge in [-0.25, -0.2) is 0 Å². The van der Waals surface area contributed by atoms with Crippen LogP contribution in [0.5, 0.6) is 0 Å². The Hall–Kier alpha value is -2.15. The van der Waals surface area contributed by atoms with E-state index in [1.54, 1.807) is 24.1 Å². The molecule has 0 aliphatic carbocycles. The second-order valence-electron chi connectivity index (χ2n) is 5.81. The number of nitrogens with two attached hydrogens (primary N) is 1. The summed E-state index contributed by atoms with van der Waals surface area (Å²) in [7, 11) is 1.78. The maximum Gasteiger partial charge on any atom is 0.292 e. The molecule has 0 radical (unpaired) electrons. The Labute approximate surface area is 123 Å². The molecule has 1 aliphatic heterocycles. The number of anilines is 1. The van der Waals surface area contributed by atoms with Gasteiger partial charge in [0.05, 0.1) is 10.5 Å². The van der Waals surface area contributed by atoms with E-state index in [0.717, 1.165) is 0 Å². The molecule has 7 heteroatoms. The molecule has 0 unspecified atom stereocenters. The topological polar surface area (TPSA) is 92.7 Å². The molecule has 2 rings (SSSR count). The van der Waals surface area contributed by atoms with Gasteiger partial charge in [-0.15, -0.1) is 0 Å². The van der Waals surface area contributed by atoms with Gasteiger partial charge < -0.3 is 10.6 Å². The first-order valence-electron chi connectivity index (χ1n) is 6.77. The molecule has 1 aromatic rings. The standard InChI is InChI=1S/C14H20N4O3/c1-14(2)13(19)16(3)7-8-17(14)9-10-5-4-6-11(12(10)15)18(20)21/h4-6H,7-9,15H2,1-3H3. The highest BCUT2D eigenvalue weighted by Crippen LogP contribution is 2.29. The van der Waals surface area contributed by atoms with Crippen molar-refractivity contribution in [2.45, 2.75) is 25.9 Å².